The summed E-state index contributed by atoms with van der Waals surface area (Å²) >= 11 is 0. The fraction of sp³-hybridized carbons (Fsp3) is 0.375. The van der Waals surface area contributed by atoms with Crippen LogP contribution in [0.2, 0.25) is 0 Å². The fourth-order valence-electron chi connectivity index (χ4n) is 2.35. The van der Waals surface area contributed by atoms with Gasteiger partial charge in [0.2, 0.25) is 0 Å². The smallest absolute Gasteiger partial charge is 0.338 e. The van der Waals surface area contributed by atoms with Gasteiger partial charge in [-0.1, -0.05) is 13.8 Å². The Balaban J connectivity index is 2.56. The molecule has 1 aromatic carbocycles. The van der Waals surface area contributed by atoms with E-state index in [9.17, 15) is 9.18 Å². The molecule has 0 aromatic heterocycles. The van der Waals surface area contributed by atoms with Gasteiger partial charge in [0, 0.05) is 0 Å². The predicted octanol–water partition coefficient (Wildman–Crippen LogP) is 2.04. The van der Waals surface area contributed by atoms with Crippen molar-refractivity contribution in [3.8, 4) is 0 Å². The minimum Gasteiger partial charge on any atom is -0.463 e. The van der Waals surface area contributed by atoms with E-state index in [1.807, 2.05) is 13.8 Å². The highest BCUT2D eigenvalue weighted by atomic mass is 19.1. The van der Waals surface area contributed by atoms with Crippen molar-refractivity contribution < 1.29 is 13.9 Å². The lowest BCUT2D eigenvalue weighted by Crippen LogP contribution is -2.41. The molecule has 0 aliphatic carbocycles. The zero-order valence-electron chi connectivity index (χ0n) is 12.9. The zero-order valence-corrected chi connectivity index (χ0v) is 12.9. The highest BCUT2D eigenvalue weighted by molar-refractivity contribution is 6.04. The highest BCUT2D eigenvalue weighted by Crippen LogP contribution is 2.28. The van der Waals surface area contributed by atoms with Gasteiger partial charge < -0.3 is 15.8 Å². The molecule has 1 unspecified atom stereocenters. The molecule has 22 heavy (non-hydrogen) atoms. The van der Waals surface area contributed by atoms with Gasteiger partial charge >= 0.3 is 5.97 Å². The van der Waals surface area contributed by atoms with Crippen LogP contribution >= 0.6 is 0 Å². The number of hydrogen-bond donors (Lipinski definition) is 2. The second-order valence-corrected chi connectivity index (χ2v) is 5.34. The van der Waals surface area contributed by atoms with Crippen LogP contribution < -0.4 is 11.1 Å². The summed E-state index contributed by atoms with van der Waals surface area (Å²) < 4.78 is 18.3. The van der Waals surface area contributed by atoms with Crippen LogP contribution in [-0.4, -0.2) is 24.6 Å². The van der Waals surface area contributed by atoms with E-state index in [0.717, 1.165) is 0 Å². The lowest BCUT2D eigenvalue weighted by atomic mass is 9.91. The monoisotopic (exact) mass is 305 g/mol. The van der Waals surface area contributed by atoms with Crippen LogP contribution in [0.5, 0.6) is 0 Å². The first kappa shape index (κ1) is 16.0. The van der Waals surface area contributed by atoms with Gasteiger partial charge in [-0.25, -0.2) is 14.2 Å². The molecule has 1 aromatic rings. The van der Waals surface area contributed by atoms with Gasteiger partial charge in [-0.15, -0.1) is 0 Å². The number of benzene rings is 1. The van der Waals surface area contributed by atoms with Crippen molar-refractivity contribution in [2.75, 3.05) is 6.61 Å². The number of ether oxygens (including phenoxy) is 1. The maximum atomic E-state index is 13.1. The van der Waals surface area contributed by atoms with Gasteiger partial charge in [0.05, 0.1) is 23.9 Å². The van der Waals surface area contributed by atoms with Crippen LogP contribution in [0.3, 0.4) is 0 Å². The Morgan fingerprint density at radius 1 is 1.41 bits per heavy atom. The number of hydrogen-bond acceptors (Lipinski definition) is 5. The predicted molar refractivity (Wildman–Crippen MR) is 83.3 cm³/mol. The van der Waals surface area contributed by atoms with Crippen LogP contribution in [0.4, 0.5) is 4.39 Å². The molecule has 1 heterocycles. The first-order chi connectivity index (χ1) is 10.4. The molecule has 118 valence electrons. The Hall–Kier alpha value is -2.37. The van der Waals surface area contributed by atoms with Crippen LogP contribution in [0, 0.1) is 11.7 Å². The third kappa shape index (κ3) is 3.27. The number of carbonyl (C=O) groups is 1. The van der Waals surface area contributed by atoms with Gasteiger partial charge in [-0.3, -0.25) is 0 Å². The van der Waals surface area contributed by atoms with Gasteiger partial charge in [0.1, 0.15) is 5.82 Å². The summed E-state index contributed by atoms with van der Waals surface area (Å²) in [7, 11) is 0. The molecule has 0 fully saturated rings. The van der Waals surface area contributed by atoms with E-state index in [2.05, 4.69) is 10.3 Å². The summed E-state index contributed by atoms with van der Waals surface area (Å²) in [5, 5.41) is 2.91. The topological polar surface area (TPSA) is 76.7 Å². The summed E-state index contributed by atoms with van der Waals surface area (Å²) in [5.74, 6) is -0.495. The van der Waals surface area contributed by atoms with Gasteiger partial charge in [0.25, 0.3) is 0 Å². The maximum absolute atomic E-state index is 13.1. The third-order valence-corrected chi connectivity index (χ3v) is 3.36. The number of aliphatic imine (C=N–C) groups is 1. The molecule has 6 heteroatoms. The first-order valence-corrected chi connectivity index (χ1v) is 7.21. The largest absolute Gasteiger partial charge is 0.463 e. The molecule has 1 atom stereocenters. The molecule has 0 saturated heterocycles. The first-order valence-electron chi connectivity index (χ1n) is 7.21. The van der Waals surface area contributed by atoms with E-state index in [1.54, 1.807) is 19.1 Å². The highest BCUT2D eigenvalue weighted by Gasteiger charge is 2.32. The Labute approximate surface area is 129 Å². The standard InChI is InChI=1S/C16H20FN3O2/c1-4-22-15(21)12-13(9(2)3)19-16(18)20-14(12)10-5-7-11(17)8-6-10/h5-9,13H,4H2,1-3H3,(H3,18,19,20). The summed E-state index contributed by atoms with van der Waals surface area (Å²) in [5.41, 5.74) is 7.43. The quantitative estimate of drug-likeness (QED) is 0.835. The van der Waals surface area contributed by atoms with Crippen molar-refractivity contribution in [1.82, 2.24) is 5.32 Å². The molecule has 0 saturated carbocycles. The van der Waals surface area contributed by atoms with E-state index < -0.39 is 12.0 Å². The number of halogens is 1. The molecule has 2 rings (SSSR count). The zero-order chi connectivity index (χ0) is 16.3. The summed E-state index contributed by atoms with van der Waals surface area (Å²) in [6, 6.07) is 5.44. The van der Waals surface area contributed by atoms with Crippen LogP contribution in [-0.2, 0) is 9.53 Å². The normalized spacial score (nSPS) is 18.0. The van der Waals surface area contributed by atoms with Crippen LogP contribution in [0.1, 0.15) is 26.3 Å². The summed E-state index contributed by atoms with van der Waals surface area (Å²) in [6.45, 7) is 5.92. The van der Waals surface area contributed by atoms with Crippen molar-refractivity contribution >= 4 is 17.6 Å². The number of rotatable bonds is 4. The van der Waals surface area contributed by atoms with Crippen molar-refractivity contribution in [1.29, 1.82) is 0 Å². The van der Waals surface area contributed by atoms with E-state index in [-0.39, 0.29) is 24.3 Å². The molecular weight excluding hydrogens is 285 g/mol. The van der Waals surface area contributed by atoms with Crippen LogP contribution in [0.25, 0.3) is 5.70 Å². The van der Waals surface area contributed by atoms with E-state index in [1.165, 1.54) is 12.1 Å². The minimum absolute atomic E-state index is 0.0653. The average molecular weight is 305 g/mol. The third-order valence-electron chi connectivity index (χ3n) is 3.36. The molecule has 0 amide bonds. The van der Waals surface area contributed by atoms with Crippen molar-refractivity contribution in [2.45, 2.75) is 26.8 Å². The maximum Gasteiger partial charge on any atom is 0.338 e. The van der Waals surface area contributed by atoms with Crippen molar-refractivity contribution in [2.24, 2.45) is 16.6 Å². The Bertz CT molecular complexity index is 621. The minimum atomic E-state index is -0.440. The number of nitrogens with two attached hydrogens (primary N) is 1. The average Bonchev–Trinajstić information content (AvgIpc) is 2.47. The Kier molecular flexibility index (Phi) is 4.80. The number of esters is 1. The Morgan fingerprint density at radius 2 is 2.05 bits per heavy atom. The molecule has 0 bridgehead atoms. The van der Waals surface area contributed by atoms with E-state index >= 15 is 0 Å². The second-order valence-electron chi connectivity index (χ2n) is 5.34. The number of guanidine groups is 1. The number of nitrogens with one attached hydrogen (secondary N) is 1. The summed E-state index contributed by atoms with van der Waals surface area (Å²) in [6.07, 6.45) is 0. The lowest BCUT2D eigenvalue weighted by Gasteiger charge is -2.28. The Morgan fingerprint density at radius 3 is 2.59 bits per heavy atom. The van der Waals surface area contributed by atoms with E-state index in [0.29, 0.717) is 16.8 Å². The fourth-order valence-corrected chi connectivity index (χ4v) is 2.35. The molecule has 5 nitrogen and oxygen atoms in total. The summed E-state index contributed by atoms with van der Waals surface area (Å²) in [4.78, 5) is 16.7. The molecule has 3 N–H and O–H groups in total. The molecule has 0 spiro atoms. The molecule has 0 radical (unpaired) electrons. The van der Waals surface area contributed by atoms with Crippen molar-refractivity contribution in [3.05, 3.63) is 41.2 Å². The van der Waals surface area contributed by atoms with Gasteiger partial charge in [-0.05, 0) is 42.7 Å². The van der Waals surface area contributed by atoms with E-state index in [4.69, 9.17) is 10.5 Å². The second kappa shape index (κ2) is 6.60. The molecule has 1 aliphatic heterocycles. The number of nitrogens with zero attached hydrogens (tertiary/aromatic N) is 1. The molecular formula is C16H20FN3O2. The van der Waals surface area contributed by atoms with Gasteiger partial charge in [-0.2, -0.15) is 0 Å². The SMILES string of the molecule is CCOC(=O)C1=C(c2ccc(F)cc2)NC(N)=NC1C(C)C. The van der Waals surface area contributed by atoms with Crippen LogP contribution in [0.15, 0.2) is 34.8 Å². The molecule has 1 aliphatic rings. The van der Waals surface area contributed by atoms with Crippen molar-refractivity contribution in [3.63, 3.8) is 0 Å². The van der Waals surface area contributed by atoms with Gasteiger partial charge in [0.15, 0.2) is 5.96 Å². The lowest BCUT2D eigenvalue weighted by molar-refractivity contribution is -0.138. The number of carbonyl (C=O) groups excluding carboxylic acids is 1.